The third-order valence-corrected chi connectivity index (χ3v) is 3.21. The van der Waals surface area contributed by atoms with Crippen LogP contribution in [-0.2, 0) is 4.79 Å². The summed E-state index contributed by atoms with van der Waals surface area (Å²) in [4.78, 5) is 13.7. The lowest BCUT2D eigenvalue weighted by molar-refractivity contribution is -0.125. The van der Waals surface area contributed by atoms with Crippen LogP contribution in [0.3, 0.4) is 0 Å². The van der Waals surface area contributed by atoms with Gasteiger partial charge in [-0.1, -0.05) is 17.7 Å². The number of halogens is 1. The van der Waals surface area contributed by atoms with E-state index in [1.54, 1.807) is 13.0 Å². The third kappa shape index (κ3) is 3.22. The Labute approximate surface area is 112 Å². The summed E-state index contributed by atoms with van der Waals surface area (Å²) in [6, 6.07) is 5.50. The fraction of sp³-hybridized carbons (Fsp3) is 0.462. The molecule has 1 aliphatic heterocycles. The summed E-state index contributed by atoms with van der Waals surface area (Å²) in [7, 11) is 0. The van der Waals surface area contributed by atoms with Crippen LogP contribution in [0.15, 0.2) is 18.2 Å². The standard InChI is InChI=1S/C13H17ClN2O2/c1-9-3-4-11(10(14)5-9)15-12(17)6-16-7-13(2,18)8-16/h3-5,18H,6-8H2,1-2H3,(H,15,17). The molecule has 1 fully saturated rings. The van der Waals surface area contributed by atoms with E-state index in [0.717, 1.165) is 5.56 Å². The molecule has 1 aromatic carbocycles. The van der Waals surface area contributed by atoms with Crippen molar-refractivity contribution in [2.45, 2.75) is 19.4 Å². The lowest BCUT2D eigenvalue weighted by atomic mass is 9.97. The highest BCUT2D eigenvalue weighted by molar-refractivity contribution is 6.33. The van der Waals surface area contributed by atoms with Crippen molar-refractivity contribution in [1.82, 2.24) is 4.90 Å². The monoisotopic (exact) mass is 268 g/mol. The highest BCUT2D eigenvalue weighted by atomic mass is 35.5. The van der Waals surface area contributed by atoms with Crippen molar-refractivity contribution in [3.05, 3.63) is 28.8 Å². The Kier molecular flexibility index (Phi) is 3.61. The maximum absolute atomic E-state index is 11.8. The van der Waals surface area contributed by atoms with Gasteiger partial charge in [-0.05, 0) is 31.5 Å². The van der Waals surface area contributed by atoms with Crippen LogP contribution in [0.2, 0.25) is 5.02 Å². The van der Waals surface area contributed by atoms with E-state index in [9.17, 15) is 9.90 Å². The first kappa shape index (κ1) is 13.3. The van der Waals surface area contributed by atoms with Crippen LogP contribution in [0, 0.1) is 6.92 Å². The summed E-state index contributed by atoms with van der Waals surface area (Å²) >= 11 is 6.03. The van der Waals surface area contributed by atoms with Gasteiger partial charge in [0.1, 0.15) is 0 Å². The summed E-state index contributed by atoms with van der Waals surface area (Å²) < 4.78 is 0. The predicted octanol–water partition coefficient (Wildman–Crippen LogP) is 1.65. The fourth-order valence-corrected chi connectivity index (χ4v) is 2.43. The van der Waals surface area contributed by atoms with Gasteiger partial charge in [0.15, 0.2) is 0 Å². The summed E-state index contributed by atoms with van der Waals surface area (Å²) in [6.07, 6.45) is 0. The Balaban J connectivity index is 1.88. The molecule has 98 valence electrons. The molecule has 1 aromatic rings. The van der Waals surface area contributed by atoms with Crippen LogP contribution in [0.1, 0.15) is 12.5 Å². The number of rotatable bonds is 3. The molecule has 1 aliphatic rings. The zero-order chi connectivity index (χ0) is 13.3. The normalized spacial score (nSPS) is 18.2. The second-order valence-electron chi connectivity index (χ2n) is 5.17. The van der Waals surface area contributed by atoms with E-state index in [4.69, 9.17) is 11.6 Å². The second kappa shape index (κ2) is 4.88. The van der Waals surface area contributed by atoms with E-state index < -0.39 is 5.60 Å². The van der Waals surface area contributed by atoms with Crippen molar-refractivity contribution < 1.29 is 9.90 Å². The van der Waals surface area contributed by atoms with Crippen molar-refractivity contribution >= 4 is 23.2 Å². The van der Waals surface area contributed by atoms with E-state index in [1.807, 2.05) is 24.0 Å². The van der Waals surface area contributed by atoms with Gasteiger partial charge in [-0.25, -0.2) is 0 Å². The van der Waals surface area contributed by atoms with Gasteiger partial charge < -0.3 is 10.4 Å². The Morgan fingerprint density at radius 1 is 1.56 bits per heavy atom. The minimum absolute atomic E-state index is 0.115. The van der Waals surface area contributed by atoms with Gasteiger partial charge in [0, 0.05) is 13.1 Å². The second-order valence-corrected chi connectivity index (χ2v) is 5.58. The molecule has 0 aromatic heterocycles. The van der Waals surface area contributed by atoms with Crippen molar-refractivity contribution in [3.63, 3.8) is 0 Å². The van der Waals surface area contributed by atoms with Gasteiger partial charge in [-0.15, -0.1) is 0 Å². The molecule has 0 bridgehead atoms. The molecule has 18 heavy (non-hydrogen) atoms. The number of anilines is 1. The summed E-state index contributed by atoms with van der Waals surface area (Å²) in [5.41, 5.74) is 1.03. The van der Waals surface area contributed by atoms with E-state index in [-0.39, 0.29) is 12.5 Å². The van der Waals surface area contributed by atoms with E-state index in [1.165, 1.54) is 0 Å². The minimum atomic E-state index is -0.651. The van der Waals surface area contributed by atoms with Gasteiger partial charge in [-0.2, -0.15) is 0 Å². The summed E-state index contributed by atoms with van der Waals surface area (Å²) in [5.74, 6) is -0.115. The number of benzene rings is 1. The lowest BCUT2D eigenvalue weighted by Crippen LogP contribution is -2.61. The molecule has 0 aliphatic carbocycles. The molecule has 0 radical (unpaired) electrons. The van der Waals surface area contributed by atoms with Crippen LogP contribution in [-0.4, -0.2) is 41.1 Å². The zero-order valence-electron chi connectivity index (χ0n) is 10.5. The molecule has 0 unspecified atom stereocenters. The minimum Gasteiger partial charge on any atom is -0.388 e. The summed E-state index contributed by atoms with van der Waals surface area (Å²) in [5, 5.41) is 12.9. The fourth-order valence-electron chi connectivity index (χ4n) is 2.14. The highest BCUT2D eigenvalue weighted by Gasteiger charge is 2.37. The maximum atomic E-state index is 11.8. The Hall–Kier alpha value is -1.10. The van der Waals surface area contributed by atoms with Crippen LogP contribution >= 0.6 is 11.6 Å². The van der Waals surface area contributed by atoms with E-state index in [0.29, 0.717) is 23.8 Å². The Morgan fingerprint density at radius 2 is 2.22 bits per heavy atom. The molecule has 0 saturated carbocycles. The van der Waals surface area contributed by atoms with Crippen LogP contribution in [0.25, 0.3) is 0 Å². The number of β-amino-alcohol motifs (C(OH)–C–C–N with tert-alkyl or cyclic N) is 1. The molecule has 0 atom stereocenters. The van der Waals surface area contributed by atoms with Crippen LogP contribution in [0.4, 0.5) is 5.69 Å². The molecule has 1 amide bonds. The largest absolute Gasteiger partial charge is 0.388 e. The quantitative estimate of drug-likeness (QED) is 0.877. The number of carbonyl (C=O) groups excluding carboxylic acids is 1. The SMILES string of the molecule is Cc1ccc(NC(=O)CN2CC(C)(O)C2)c(Cl)c1. The van der Waals surface area contributed by atoms with Crippen molar-refractivity contribution in [2.75, 3.05) is 25.0 Å². The molecule has 2 N–H and O–H groups in total. The van der Waals surface area contributed by atoms with Crippen molar-refractivity contribution in [2.24, 2.45) is 0 Å². The molecule has 4 nitrogen and oxygen atoms in total. The molecule has 0 spiro atoms. The number of hydrogen-bond acceptors (Lipinski definition) is 3. The van der Waals surface area contributed by atoms with E-state index in [2.05, 4.69) is 5.32 Å². The van der Waals surface area contributed by atoms with Crippen molar-refractivity contribution in [3.8, 4) is 0 Å². The number of nitrogens with one attached hydrogen (secondary N) is 1. The molecule has 1 saturated heterocycles. The lowest BCUT2D eigenvalue weighted by Gasteiger charge is -2.43. The van der Waals surface area contributed by atoms with Crippen LogP contribution < -0.4 is 5.32 Å². The van der Waals surface area contributed by atoms with Gasteiger partial charge in [0.2, 0.25) is 5.91 Å². The average molecular weight is 269 g/mol. The van der Waals surface area contributed by atoms with Crippen LogP contribution in [0.5, 0.6) is 0 Å². The van der Waals surface area contributed by atoms with Crippen molar-refractivity contribution in [1.29, 1.82) is 0 Å². The molecular formula is C13H17ClN2O2. The number of aryl methyl sites for hydroxylation is 1. The van der Waals surface area contributed by atoms with Gasteiger partial charge in [-0.3, -0.25) is 9.69 Å². The molecular weight excluding hydrogens is 252 g/mol. The topological polar surface area (TPSA) is 52.6 Å². The average Bonchev–Trinajstić information content (AvgIpc) is 2.19. The summed E-state index contributed by atoms with van der Waals surface area (Å²) in [6.45, 7) is 5.04. The molecule has 5 heteroatoms. The first-order chi connectivity index (χ1) is 8.35. The Morgan fingerprint density at radius 3 is 2.78 bits per heavy atom. The van der Waals surface area contributed by atoms with Gasteiger partial charge in [0.05, 0.1) is 22.9 Å². The Bertz CT molecular complexity index is 466. The number of hydrogen-bond donors (Lipinski definition) is 2. The smallest absolute Gasteiger partial charge is 0.238 e. The highest BCUT2D eigenvalue weighted by Crippen LogP contribution is 2.23. The zero-order valence-corrected chi connectivity index (χ0v) is 11.3. The number of aliphatic hydroxyl groups is 1. The van der Waals surface area contributed by atoms with Gasteiger partial charge in [0.25, 0.3) is 0 Å². The first-order valence-corrected chi connectivity index (χ1v) is 6.24. The molecule has 1 heterocycles. The third-order valence-electron chi connectivity index (χ3n) is 2.89. The predicted molar refractivity (Wildman–Crippen MR) is 71.9 cm³/mol. The number of carbonyl (C=O) groups is 1. The maximum Gasteiger partial charge on any atom is 0.238 e. The van der Waals surface area contributed by atoms with Gasteiger partial charge >= 0.3 is 0 Å². The number of nitrogens with zero attached hydrogens (tertiary/aromatic N) is 1. The molecule has 2 rings (SSSR count). The number of likely N-dealkylation sites (tertiary alicyclic amines) is 1. The number of amides is 1. The van der Waals surface area contributed by atoms with E-state index >= 15 is 0 Å². The first-order valence-electron chi connectivity index (χ1n) is 5.86.